The number of aromatic nitrogens is 1. The van der Waals surface area contributed by atoms with E-state index >= 15 is 0 Å². The molecule has 0 saturated carbocycles. The second kappa shape index (κ2) is 5.28. The molecule has 1 aliphatic rings. The first-order chi connectivity index (χ1) is 9.31. The van der Waals surface area contributed by atoms with Crippen LogP contribution in [0.15, 0.2) is 24.5 Å². The third-order valence-electron chi connectivity index (χ3n) is 3.52. The fourth-order valence-corrected chi connectivity index (χ4v) is 3.89. The summed E-state index contributed by atoms with van der Waals surface area (Å²) in [4.78, 5) is 6.96. The van der Waals surface area contributed by atoms with Crippen molar-refractivity contribution in [3.8, 4) is 5.75 Å². The highest BCUT2D eigenvalue weighted by Gasteiger charge is 2.21. The van der Waals surface area contributed by atoms with Crippen molar-refractivity contribution >= 4 is 11.3 Å². The van der Waals surface area contributed by atoms with Gasteiger partial charge in [-0.2, -0.15) is 0 Å². The maximum absolute atomic E-state index is 5.74. The van der Waals surface area contributed by atoms with Crippen molar-refractivity contribution in [2.24, 2.45) is 5.84 Å². The lowest BCUT2D eigenvalue weighted by Crippen LogP contribution is -2.28. The molecule has 0 spiro atoms. The van der Waals surface area contributed by atoms with Crippen LogP contribution < -0.4 is 16.0 Å². The van der Waals surface area contributed by atoms with E-state index in [4.69, 9.17) is 10.6 Å². The third kappa shape index (κ3) is 2.36. The number of hydrogen-bond acceptors (Lipinski definition) is 5. The Labute approximate surface area is 116 Å². The molecule has 1 aliphatic carbocycles. The summed E-state index contributed by atoms with van der Waals surface area (Å²) in [5.74, 6) is 6.49. The number of fused-ring (bicyclic) bond motifs is 1. The second-order valence-corrected chi connectivity index (χ2v) is 5.88. The highest BCUT2D eigenvalue weighted by Crippen LogP contribution is 2.36. The highest BCUT2D eigenvalue weighted by molar-refractivity contribution is 7.12. The van der Waals surface area contributed by atoms with Gasteiger partial charge in [-0.25, -0.2) is 5.43 Å². The summed E-state index contributed by atoms with van der Waals surface area (Å²) < 4.78 is 5.22. The van der Waals surface area contributed by atoms with Crippen LogP contribution in [0.3, 0.4) is 0 Å². The SMILES string of the molecule is COc1cncc(C(NN)c2cc3c(s2)CCC3)c1. The van der Waals surface area contributed by atoms with Gasteiger partial charge in [0.25, 0.3) is 0 Å². The topological polar surface area (TPSA) is 60.2 Å². The van der Waals surface area contributed by atoms with Crippen molar-refractivity contribution in [3.63, 3.8) is 0 Å². The van der Waals surface area contributed by atoms with E-state index in [9.17, 15) is 0 Å². The van der Waals surface area contributed by atoms with Crippen LogP contribution >= 0.6 is 11.3 Å². The van der Waals surface area contributed by atoms with Crippen LogP contribution in [-0.2, 0) is 12.8 Å². The Morgan fingerprint density at radius 1 is 1.37 bits per heavy atom. The van der Waals surface area contributed by atoms with Gasteiger partial charge in [-0.15, -0.1) is 11.3 Å². The summed E-state index contributed by atoms with van der Waals surface area (Å²) in [6, 6.07) is 4.23. The number of thiophene rings is 1. The van der Waals surface area contributed by atoms with Crippen LogP contribution in [0.4, 0.5) is 0 Å². The fraction of sp³-hybridized carbons (Fsp3) is 0.357. The molecule has 3 rings (SSSR count). The number of methoxy groups -OCH3 is 1. The van der Waals surface area contributed by atoms with Crippen molar-refractivity contribution in [1.29, 1.82) is 0 Å². The van der Waals surface area contributed by atoms with Crippen LogP contribution in [0.5, 0.6) is 5.75 Å². The number of hydrazine groups is 1. The number of hydrogen-bond donors (Lipinski definition) is 2. The summed E-state index contributed by atoms with van der Waals surface area (Å²) in [6.45, 7) is 0. The van der Waals surface area contributed by atoms with Crippen molar-refractivity contribution in [1.82, 2.24) is 10.4 Å². The summed E-state index contributed by atoms with van der Waals surface area (Å²) in [7, 11) is 1.64. The molecular formula is C14H17N3OS. The van der Waals surface area contributed by atoms with E-state index < -0.39 is 0 Å². The fourth-order valence-electron chi connectivity index (χ4n) is 2.54. The maximum atomic E-state index is 5.74. The van der Waals surface area contributed by atoms with E-state index in [2.05, 4.69) is 16.5 Å². The molecule has 4 nitrogen and oxygen atoms in total. The molecule has 0 aromatic carbocycles. The first-order valence-electron chi connectivity index (χ1n) is 6.38. The van der Waals surface area contributed by atoms with Crippen molar-refractivity contribution in [2.75, 3.05) is 7.11 Å². The van der Waals surface area contributed by atoms with Crippen LogP contribution in [0.2, 0.25) is 0 Å². The van der Waals surface area contributed by atoms with E-state index in [1.165, 1.54) is 34.6 Å². The zero-order valence-corrected chi connectivity index (χ0v) is 11.7. The number of nitrogens with one attached hydrogen (secondary N) is 1. The molecular weight excluding hydrogens is 258 g/mol. The predicted molar refractivity (Wildman–Crippen MR) is 76.3 cm³/mol. The normalized spacial score (nSPS) is 15.3. The van der Waals surface area contributed by atoms with Gasteiger partial charge in [0.2, 0.25) is 0 Å². The van der Waals surface area contributed by atoms with E-state index in [1.54, 1.807) is 13.3 Å². The number of aryl methyl sites for hydroxylation is 2. The maximum Gasteiger partial charge on any atom is 0.137 e. The first-order valence-corrected chi connectivity index (χ1v) is 7.20. The van der Waals surface area contributed by atoms with Crippen LogP contribution in [0.25, 0.3) is 0 Å². The van der Waals surface area contributed by atoms with E-state index in [-0.39, 0.29) is 6.04 Å². The summed E-state index contributed by atoms with van der Waals surface area (Å²) in [5, 5.41) is 0. The average Bonchev–Trinajstić information content (AvgIpc) is 3.01. The number of nitrogens with two attached hydrogens (primary N) is 1. The Kier molecular flexibility index (Phi) is 3.50. The lowest BCUT2D eigenvalue weighted by molar-refractivity contribution is 0.411. The molecule has 1 atom stereocenters. The van der Waals surface area contributed by atoms with Crippen LogP contribution in [0.1, 0.15) is 33.3 Å². The molecule has 3 N–H and O–H groups in total. The Morgan fingerprint density at radius 3 is 3.00 bits per heavy atom. The standard InChI is InChI=1S/C14H17N3OS/c1-18-11-5-10(7-16-8-11)14(17-15)13-6-9-3-2-4-12(9)19-13/h5-8,14,17H,2-4,15H2,1H3. The molecule has 0 aliphatic heterocycles. The third-order valence-corrected chi connectivity index (χ3v) is 4.82. The Balaban J connectivity index is 1.94. The Hall–Kier alpha value is -1.43. The molecule has 0 saturated heterocycles. The molecule has 100 valence electrons. The van der Waals surface area contributed by atoms with Crippen molar-refractivity contribution < 1.29 is 4.74 Å². The average molecular weight is 275 g/mol. The van der Waals surface area contributed by atoms with Gasteiger partial charge in [0.05, 0.1) is 19.3 Å². The molecule has 0 radical (unpaired) electrons. The molecule has 2 heterocycles. The van der Waals surface area contributed by atoms with E-state index in [0.29, 0.717) is 0 Å². The van der Waals surface area contributed by atoms with Gasteiger partial charge in [-0.3, -0.25) is 10.8 Å². The molecule has 0 bridgehead atoms. The van der Waals surface area contributed by atoms with Gasteiger partial charge in [0.15, 0.2) is 0 Å². The summed E-state index contributed by atoms with van der Waals surface area (Å²) >= 11 is 1.85. The summed E-state index contributed by atoms with van der Waals surface area (Å²) in [5.41, 5.74) is 5.40. The number of pyridine rings is 1. The first kappa shape index (κ1) is 12.6. The Bertz CT molecular complexity index is 560. The minimum atomic E-state index is -0.0156. The van der Waals surface area contributed by atoms with Crippen molar-refractivity contribution in [3.05, 3.63) is 45.4 Å². The zero-order chi connectivity index (χ0) is 13.2. The quantitative estimate of drug-likeness (QED) is 0.663. The van der Waals surface area contributed by atoms with Crippen LogP contribution in [-0.4, -0.2) is 12.1 Å². The Morgan fingerprint density at radius 2 is 2.26 bits per heavy atom. The zero-order valence-electron chi connectivity index (χ0n) is 10.8. The summed E-state index contributed by atoms with van der Waals surface area (Å²) in [6.07, 6.45) is 7.21. The van der Waals surface area contributed by atoms with Gasteiger partial charge in [-0.05, 0) is 42.5 Å². The molecule has 0 fully saturated rings. The van der Waals surface area contributed by atoms with Gasteiger partial charge < -0.3 is 4.74 Å². The largest absolute Gasteiger partial charge is 0.495 e. The monoisotopic (exact) mass is 275 g/mol. The number of nitrogens with zero attached hydrogens (tertiary/aromatic N) is 1. The van der Waals surface area contributed by atoms with Gasteiger partial charge in [0, 0.05) is 16.0 Å². The minimum Gasteiger partial charge on any atom is -0.495 e. The van der Waals surface area contributed by atoms with Crippen LogP contribution in [0, 0.1) is 0 Å². The number of rotatable bonds is 4. The molecule has 0 amide bonds. The molecule has 2 aromatic heterocycles. The smallest absolute Gasteiger partial charge is 0.137 e. The van der Waals surface area contributed by atoms with Gasteiger partial charge in [0.1, 0.15) is 5.75 Å². The second-order valence-electron chi connectivity index (χ2n) is 4.71. The lowest BCUT2D eigenvalue weighted by Gasteiger charge is -2.15. The molecule has 2 aromatic rings. The number of ether oxygens (including phenoxy) is 1. The molecule has 5 heteroatoms. The van der Waals surface area contributed by atoms with Gasteiger partial charge in [-0.1, -0.05) is 0 Å². The van der Waals surface area contributed by atoms with E-state index in [1.807, 2.05) is 23.6 Å². The van der Waals surface area contributed by atoms with Gasteiger partial charge >= 0.3 is 0 Å². The minimum absolute atomic E-state index is 0.0156. The predicted octanol–water partition coefficient (Wildman–Crippen LogP) is 2.19. The van der Waals surface area contributed by atoms with Crippen molar-refractivity contribution in [2.45, 2.75) is 25.3 Å². The molecule has 19 heavy (non-hydrogen) atoms. The molecule has 1 unspecified atom stereocenters. The lowest BCUT2D eigenvalue weighted by atomic mass is 10.1. The van der Waals surface area contributed by atoms with E-state index in [0.717, 1.165) is 11.3 Å². The highest BCUT2D eigenvalue weighted by atomic mass is 32.1.